The van der Waals surface area contributed by atoms with Gasteiger partial charge in [-0.2, -0.15) is 0 Å². The van der Waals surface area contributed by atoms with E-state index in [1.54, 1.807) is 12.1 Å². The lowest BCUT2D eigenvalue weighted by molar-refractivity contribution is 0.426. The number of hydrogen-bond acceptors (Lipinski definition) is 3. The van der Waals surface area contributed by atoms with Gasteiger partial charge < -0.3 is 10.0 Å². The fourth-order valence-corrected chi connectivity index (χ4v) is 2.77. The molecule has 0 saturated carbocycles. The van der Waals surface area contributed by atoms with Gasteiger partial charge in [-0.05, 0) is 53.7 Å². The molecule has 2 aromatic carbocycles. The van der Waals surface area contributed by atoms with E-state index in [1.165, 1.54) is 0 Å². The Hall–Kier alpha value is -2.43. The zero-order valence-electron chi connectivity index (χ0n) is 13.2. The molecule has 3 aromatic rings. The number of aryl methyl sites for hydroxylation is 2. The van der Waals surface area contributed by atoms with Gasteiger partial charge in [0.25, 0.3) is 0 Å². The van der Waals surface area contributed by atoms with Crippen LogP contribution in [-0.2, 0) is 0 Å². The molecule has 0 aliphatic carbocycles. The van der Waals surface area contributed by atoms with Crippen LogP contribution in [0, 0.1) is 13.8 Å². The second-order valence-corrected chi connectivity index (χ2v) is 5.69. The van der Waals surface area contributed by atoms with Crippen molar-refractivity contribution in [2.75, 3.05) is 0 Å². The maximum atomic E-state index is 9.58. The quantitative estimate of drug-likeness (QED) is 0.732. The van der Waals surface area contributed by atoms with Gasteiger partial charge in [-0.1, -0.05) is 42.5 Å². The standard InChI is InChI=1S/C19H18BNO2/c1-13-10-18(14(2)21-12-13)16-7-5-6-15(11-16)17-8-3-4-9-19(17)20(22)23/h3-12,22-23H,1-2H3. The maximum Gasteiger partial charge on any atom is 0.489 e. The van der Waals surface area contributed by atoms with Crippen molar-refractivity contribution < 1.29 is 10.0 Å². The highest BCUT2D eigenvalue weighted by molar-refractivity contribution is 6.60. The van der Waals surface area contributed by atoms with Crippen LogP contribution in [0.1, 0.15) is 11.3 Å². The van der Waals surface area contributed by atoms with Gasteiger partial charge in [0, 0.05) is 17.5 Å². The topological polar surface area (TPSA) is 53.4 Å². The lowest BCUT2D eigenvalue weighted by Gasteiger charge is -2.12. The third-order valence-corrected chi connectivity index (χ3v) is 3.95. The van der Waals surface area contributed by atoms with Crippen LogP contribution in [-0.4, -0.2) is 22.2 Å². The van der Waals surface area contributed by atoms with E-state index >= 15 is 0 Å². The highest BCUT2D eigenvalue weighted by atomic mass is 16.4. The molecule has 3 rings (SSSR count). The van der Waals surface area contributed by atoms with E-state index in [9.17, 15) is 10.0 Å². The van der Waals surface area contributed by atoms with Crippen molar-refractivity contribution in [3.05, 3.63) is 72.1 Å². The molecule has 1 aromatic heterocycles. The summed E-state index contributed by atoms with van der Waals surface area (Å²) in [7, 11) is -1.49. The number of pyridine rings is 1. The SMILES string of the molecule is Cc1cnc(C)c(-c2cccc(-c3ccccc3B(O)O)c2)c1. The van der Waals surface area contributed by atoms with Crippen LogP contribution in [0.5, 0.6) is 0 Å². The Morgan fingerprint density at radius 3 is 2.26 bits per heavy atom. The predicted molar refractivity (Wildman–Crippen MR) is 94.4 cm³/mol. The van der Waals surface area contributed by atoms with Gasteiger partial charge >= 0.3 is 7.12 Å². The van der Waals surface area contributed by atoms with E-state index in [0.29, 0.717) is 5.46 Å². The largest absolute Gasteiger partial charge is 0.489 e. The fraction of sp³-hybridized carbons (Fsp3) is 0.105. The zero-order chi connectivity index (χ0) is 16.4. The minimum atomic E-state index is -1.49. The summed E-state index contributed by atoms with van der Waals surface area (Å²) in [5, 5.41) is 19.2. The molecular formula is C19H18BNO2. The molecule has 0 saturated heterocycles. The summed E-state index contributed by atoms with van der Waals surface area (Å²) < 4.78 is 0. The third kappa shape index (κ3) is 3.18. The minimum Gasteiger partial charge on any atom is -0.423 e. The lowest BCUT2D eigenvalue weighted by Crippen LogP contribution is -2.31. The highest BCUT2D eigenvalue weighted by Crippen LogP contribution is 2.27. The van der Waals surface area contributed by atoms with Crippen LogP contribution in [0.2, 0.25) is 0 Å². The Kier molecular flexibility index (Phi) is 4.28. The molecule has 0 spiro atoms. The smallest absolute Gasteiger partial charge is 0.423 e. The number of nitrogens with zero attached hydrogens (tertiary/aromatic N) is 1. The summed E-state index contributed by atoms with van der Waals surface area (Å²) in [4.78, 5) is 4.42. The molecular weight excluding hydrogens is 285 g/mol. The average Bonchev–Trinajstić information content (AvgIpc) is 2.57. The van der Waals surface area contributed by atoms with Crippen LogP contribution < -0.4 is 5.46 Å². The molecule has 0 aliphatic heterocycles. The summed E-state index contributed by atoms with van der Waals surface area (Å²) in [6.45, 7) is 4.02. The summed E-state index contributed by atoms with van der Waals surface area (Å²) in [5.41, 5.74) is 6.52. The lowest BCUT2D eigenvalue weighted by atomic mass is 9.75. The van der Waals surface area contributed by atoms with Gasteiger partial charge in [0.15, 0.2) is 0 Å². The Balaban J connectivity index is 2.13. The summed E-state index contributed by atoms with van der Waals surface area (Å²) in [6.07, 6.45) is 1.86. The van der Waals surface area contributed by atoms with Gasteiger partial charge in [-0.15, -0.1) is 0 Å². The molecule has 0 bridgehead atoms. The number of hydrogen-bond donors (Lipinski definition) is 2. The average molecular weight is 303 g/mol. The van der Waals surface area contributed by atoms with Crippen molar-refractivity contribution in [1.82, 2.24) is 4.98 Å². The van der Waals surface area contributed by atoms with Crippen molar-refractivity contribution >= 4 is 12.6 Å². The van der Waals surface area contributed by atoms with Gasteiger partial charge in [-0.3, -0.25) is 4.98 Å². The Morgan fingerprint density at radius 1 is 0.826 bits per heavy atom. The van der Waals surface area contributed by atoms with E-state index in [-0.39, 0.29) is 0 Å². The van der Waals surface area contributed by atoms with Crippen LogP contribution in [0.3, 0.4) is 0 Å². The van der Waals surface area contributed by atoms with Crippen LogP contribution in [0.15, 0.2) is 60.8 Å². The number of benzene rings is 2. The molecule has 114 valence electrons. The molecule has 0 unspecified atom stereocenters. The normalized spacial score (nSPS) is 10.6. The molecule has 0 radical (unpaired) electrons. The maximum absolute atomic E-state index is 9.58. The van der Waals surface area contributed by atoms with E-state index in [0.717, 1.165) is 33.5 Å². The van der Waals surface area contributed by atoms with E-state index < -0.39 is 7.12 Å². The first-order chi connectivity index (χ1) is 11.1. The Morgan fingerprint density at radius 2 is 1.52 bits per heavy atom. The van der Waals surface area contributed by atoms with E-state index in [1.807, 2.05) is 50.4 Å². The van der Waals surface area contributed by atoms with Crippen LogP contribution in [0.25, 0.3) is 22.3 Å². The fourth-order valence-electron chi connectivity index (χ4n) is 2.77. The number of aromatic nitrogens is 1. The molecule has 0 aliphatic rings. The summed E-state index contributed by atoms with van der Waals surface area (Å²) in [5.74, 6) is 0. The molecule has 2 N–H and O–H groups in total. The first-order valence-electron chi connectivity index (χ1n) is 7.55. The molecule has 4 heteroatoms. The van der Waals surface area contributed by atoms with Crippen LogP contribution in [0.4, 0.5) is 0 Å². The van der Waals surface area contributed by atoms with E-state index in [2.05, 4.69) is 17.1 Å². The second-order valence-electron chi connectivity index (χ2n) is 5.69. The first kappa shape index (κ1) is 15.5. The highest BCUT2D eigenvalue weighted by Gasteiger charge is 2.16. The molecule has 3 nitrogen and oxygen atoms in total. The second kappa shape index (κ2) is 6.36. The summed E-state index contributed by atoms with van der Waals surface area (Å²) >= 11 is 0. The molecule has 0 fully saturated rings. The van der Waals surface area contributed by atoms with Gasteiger partial charge in [-0.25, -0.2) is 0 Å². The molecule has 23 heavy (non-hydrogen) atoms. The van der Waals surface area contributed by atoms with Crippen molar-refractivity contribution in [3.63, 3.8) is 0 Å². The van der Waals surface area contributed by atoms with Crippen molar-refractivity contribution in [3.8, 4) is 22.3 Å². The predicted octanol–water partition coefficient (Wildman–Crippen LogP) is 2.71. The zero-order valence-corrected chi connectivity index (χ0v) is 13.2. The Labute approximate surface area is 136 Å². The van der Waals surface area contributed by atoms with Crippen molar-refractivity contribution in [2.24, 2.45) is 0 Å². The summed E-state index contributed by atoms with van der Waals surface area (Å²) in [6, 6.07) is 17.5. The Bertz CT molecular complexity index is 846. The van der Waals surface area contributed by atoms with Crippen LogP contribution >= 0.6 is 0 Å². The minimum absolute atomic E-state index is 0.503. The number of rotatable bonds is 3. The first-order valence-corrected chi connectivity index (χ1v) is 7.55. The molecule has 0 atom stereocenters. The van der Waals surface area contributed by atoms with Gasteiger partial charge in [0.05, 0.1) is 0 Å². The third-order valence-electron chi connectivity index (χ3n) is 3.95. The van der Waals surface area contributed by atoms with Gasteiger partial charge in [0.2, 0.25) is 0 Å². The molecule has 1 heterocycles. The monoisotopic (exact) mass is 303 g/mol. The van der Waals surface area contributed by atoms with Crippen molar-refractivity contribution in [1.29, 1.82) is 0 Å². The molecule has 0 amide bonds. The van der Waals surface area contributed by atoms with E-state index in [4.69, 9.17) is 0 Å². The van der Waals surface area contributed by atoms with Crippen molar-refractivity contribution in [2.45, 2.75) is 13.8 Å². The van der Waals surface area contributed by atoms with Gasteiger partial charge in [0.1, 0.15) is 0 Å².